The average molecular weight is 450 g/mol. The number of halogens is 3. The minimum atomic E-state index is -0.982. The topological polar surface area (TPSA) is 46.5 Å². The highest BCUT2D eigenvalue weighted by molar-refractivity contribution is 6.33. The van der Waals surface area contributed by atoms with Gasteiger partial charge in [0.15, 0.2) is 0 Å². The summed E-state index contributed by atoms with van der Waals surface area (Å²) in [6.07, 6.45) is -1.80. The first-order chi connectivity index (χ1) is 13.9. The van der Waals surface area contributed by atoms with Gasteiger partial charge in [-0.15, -0.1) is 0 Å². The van der Waals surface area contributed by atoms with Crippen LogP contribution in [-0.2, 0) is 4.74 Å². The van der Waals surface area contributed by atoms with Crippen molar-refractivity contribution in [2.75, 3.05) is 0 Å². The van der Waals surface area contributed by atoms with Crippen LogP contribution in [0.4, 0.5) is 0 Å². The molecule has 3 atom stereocenters. The van der Waals surface area contributed by atoms with Crippen molar-refractivity contribution < 1.29 is 14.6 Å². The molecule has 0 aliphatic carbocycles. The van der Waals surface area contributed by atoms with Gasteiger partial charge >= 0.3 is 5.97 Å². The predicted molar refractivity (Wildman–Crippen MR) is 117 cm³/mol. The second-order valence-corrected chi connectivity index (χ2v) is 7.87. The molecule has 0 spiro atoms. The highest BCUT2D eigenvalue weighted by Crippen LogP contribution is 2.40. The fourth-order valence-electron chi connectivity index (χ4n) is 3.13. The molecule has 0 fully saturated rings. The normalized spacial score (nSPS) is 14.1. The molecule has 0 unspecified atom stereocenters. The lowest BCUT2D eigenvalue weighted by Crippen LogP contribution is -2.24. The van der Waals surface area contributed by atoms with Gasteiger partial charge in [0.05, 0.1) is 16.7 Å². The molecule has 3 aromatic carbocycles. The molecule has 29 heavy (non-hydrogen) atoms. The first kappa shape index (κ1) is 21.7. The highest BCUT2D eigenvalue weighted by Gasteiger charge is 2.32. The smallest absolute Gasteiger partial charge is 0.340 e. The number of rotatable bonds is 6. The van der Waals surface area contributed by atoms with E-state index in [1.165, 1.54) is 0 Å². The van der Waals surface area contributed by atoms with Crippen LogP contribution in [0.25, 0.3) is 0 Å². The Labute approximate surface area is 184 Å². The summed E-state index contributed by atoms with van der Waals surface area (Å²) >= 11 is 18.8. The molecule has 150 valence electrons. The third-order valence-corrected chi connectivity index (χ3v) is 5.76. The maximum absolute atomic E-state index is 12.8. The van der Waals surface area contributed by atoms with Gasteiger partial charge < -0.3 is 9.84 Å². The van der Waals surface area contributed by atoms with Crippen LogP contribution in [0.5, 0.6) is 0 Å². The van der Waals surface area contributed by atoms with Gasteiger partial charge in [-0.3, -0.25) is 0 Å². The number of carbonyl (C=O) groups is 1. The molecule has 0 aliphatic rings. The van der Waals surface area contributed by atoms with Crippen LogP contribution >= 0.6 is 34.8 Å². The van der Waals surface area contributed by atoms with Crippen molar-refractivity contribution >= 4 is 40.8 Å². The van der Waals surface area contributed by atoms with E-state index >= 15 is 0 Å². The monoisotopic (exact) mass is 448 g/mol. The molecule has 0 amide bonds. The minimum absolute atomic E-state index is 0.241. The van der Waals surface area contributed by atoms with E-state index in [1.54, 1.807) is 79.7 Å². The lowest BCUT2D eigenvalue weighted by Gasteiger charge is -2.29. The molecule has 1 N–H and O–H groups in total. The van der Waals surface area contributed by atoms with Gasteiger partial charge in [-0.25, -0.2) is 4.79 Å². The van der Waals surface area contributed by atoms with Gasteiger partial charge in [0, 0.05) is 21.5 Å². The molecule has 6 heteroatoms. The molecule has 0 aromatic heterocycles. The highest BCUT2D eigenvalue weighted by atomic mass is 35.5. The molecular weight excluding hydrogens is 431 g/mol. The van der Waals surface area contributed by atoms with Crippen LogP contribution in [0.15, 0.2) is 72.8 Å². The van der Waals surface area contributed by atoms with Crippen LogP contribution in [0, 0.1) is 5.92 Å². The van der Waals surface area contributed by atoms with E-state index < -0.39 is 24.1 Å². The number of hydrogen-bond acceptors (Lipinski definition) is 3. The Morgan fingerprint density at radius 3 is 1.83 bits per heavy atom. The zero-order chi connectivity index (χ0) is 21.0. The molecular formula is C23H19Cl3O3. The molecule has 0 heterocycles. The third kappa shape index (κ3) is 4.93. The van der Waals surface area contributed by atoms with Crippen LogP contribution in [0.1, 0.15) is 40.6 Å². The van der Waals surface area contributed by atoms with Gasteiger partial charge in [0.25, 0.3) is 0 Å². The molecule has 0 saturated carbocycles. The van der Waals surface area contributed by atoms with Crippen molar-refractivity contribution in [2.24, 2.45) is 5.92 Å². The fourth-order valence-corrected chi connectivity index (χ4v) is 3.83. The Kier molecular flexibility index (Phi) is 7.20. The van der Waals surface area contributed by atoms with Crippen molar-refractivity contribution in [1.29, 1.82) is 0 Å². The second kappa shape index (κ2) is 9.64. The number of hydrogen-bond donors (Lipinski definition) is 1. The van der Waals surface area contributed by atoms with Crippen molar-refractivity contribution in [3.8, 4) is 0 Å². The van der Waals surface area contributed by atoms with E-state index in [1.807, 2.05) is 0 Å². The number of benzene rings is 3. The van der Waals surface area contributed by atoms with E-state index in [-0.39, 0.29) is 10.6 Å². The lowest BCUT2D eigenvalue weighted by molar-refractivity contribution is -0.0154. The van der Waals surface area contributed by atoms with Gasteiger partial charge in [-0.2, -0.15) is 0 Å². The molecule has 3 nitrogen and oxygen atoms in total. The Hall–Kier alpha value is -2.04. The fraction of sp³-hybridized carbons (Fsp3) is 0.174. The van der Waals surface area contributed by atoms with Crippen LogP contribution in [0.3, 0.4) is 0 Å². The predicted octanol–water partition coefficient (Wildman–Crippen LogP) is 6.91. The first-order valence-corrected chi connectivity index (χ1v) is 10.2. The standard InChI is InChI=1S/C23H19Cl3O3/c1-14(21(27)15-8-2-5-11-18(15)24)22(16-9-3-6-12-19(16)25)29-23(28)17-10-4-7-13-20(17)26/h2-14,21-22,27H,1H3/t14-,21+,22+/m1/s1. The zero-order valence-electron chi connectivity index (χ0n) is 15.6. The summed E-state index contributed by atoms with van der Waals surface area (Å²) < 4.78 is 5.82. The zero-order valence-corrected chi connectivity index (χ0v) is 17.8. The summed E-state index contributed by atoms with van der Waals surface area (Å²) in [6, 6.07) is 20.7. The van der Waals surface area contributed by atoms with Crippen molar-refractivity contribution in [2.45, 2.75) is 19.1 Å². The van der Waals surface area contributed by atoms with Crippen molar-refractivity contribution in [3.05, 3.63) is 105 Å². The average Bonchev–Trinajstić information content (AvgIpc) is 2.72. The van der Waals surface area contributed by atoms with Crippen LogP contribution in [0.2, 0.25) is 15.1 Å². The van der Waals surface area contributed by atoms with Gasteiger partial charge in [-0.05, 0) is 29.8 Å². The summed E-state index contributed by atoms with van der Waals surface area (Å²) in [6.45, 7) is 1.78. The Balaban J connectivity index is 1.97. The van der Waals surface area contributed by atoms with Gasteiger partial charge in [0.1, 0.15) is 6.10 Å². The molecule has 0 saturated heterocycles. The number of esters is 1. The summed E-state index contributed by atoms with van der Waals surface area (Å²) in [5.74, 6) is -1.14. The summed E-state index contributed by atoms with van der Waals surface area (Å²) in [5, 5.41) is 12.1. The van der Waals surface area contributed by atoms with E-state index in [4.69, 9.17) is 39.5 Å². The quantitative estimate of drug-likeness (QED) is 0.416. The van der Waals surface area contributed by atoms with Crippen LogP contribution in [-0.4, -0.2) is 11.1 Å². The second-order valence-electron chi connectivity index (χ2n) is 6.65. The van der Waals surface area contributed by atoms with E-state index in [2.05, 4.69) is 0 Å². The molecule has 3 rings (SSSR count). The maximum Gasteiger partial charge on any atom is 0.340 e. The summed E-state index contributed by atoms with van der Waals surface area (Å²) in [5.41, 5.74) is 1.38. The number of carbonyl (C=O) groups excluding carboxylic acids is 1. The van der Waals surface area contributed by atoms with Gasteiger partial charge in [-0.1, -0.05) is 90.3 Å². The Morgan fingerprint density at radius 2 is 1.28 bits per heavy atom. The summed E-state index contributed by atoms with van der Waals surface area (Å²) in [7, 11) is 0. The van der Waals surface area contributed by atoms with Gasteiger partial charge in [0.2, 0.25) is 0 Å². The largest absolute Gasteiger partial charge is 0.453 e. The molecule has 0 aliphatic heterocycles. The Morgan fingerprint density at radius 1 is 0.793 bits per heavy atom. The molecule has 0 radical (unpaired) electrons. The van der Waals surface area contributed by atoms with Crippen molar-refractivity contribution in [3.63, 3.8) is 0 Å². The number of ether oxygens (including phenoxy) is 1. The van der Waals surface area contributed by atoms with E-state index in [9.17, 15) is 9.90 Å². The number of aliphatic hydroxyl groups excluding tert-OH is 1. The van der Waals surface area contributed by atoms with Crippen LogP contribution < -0.4 is 0 Å². The third-order valence-electron chi connectivity index (χ3n) is 4.74. The Bertz CT molecular complexity index is 1010. The number of aliphatic hydroxyl groups is 1. The maximum atomic E-state index is 12.8. The summed E-state index contributed by atoms with van der Waals surface area (Å²) in [4.78, 5) is 12.8. The first-order valence-electron chi connectivity index (χ1n) is 9.02. The molecule has 0 bridgehead atoms. The minimum Gasteiger partial charge on any atom is -0.453 e. The SMILES string of the molecule is C[C@H]([C@H](O)c1ccccc1Cl)[C@H](OC(=O)c1ccccc1Cl)c1ccccc1Cl. The lowest BCUT2D eigenvalue weighted by atomic mass is 9.88. The molecule has 3 aromatic rings. The van der Waals surface area contributed by atoms with E-state index in [0.717, 1.165) is 0 Å². The van der Waals surface area contributed by atoms with Crippen molar-refractivity contribution in [1.82, 2.24) is 0 Å². The van der Waals surface area contributed by atoms with E-state index in [0.29, 0.717) is 21.2 Å².